The standard InChI is InChI=1S/C11H18Cl3N3O2/c1-7(15-9(18)11(12,13)14)16-10(19)17-8-5-3-2-4-6-8/h8-9,18H,2-6H2,1H3,(H2,15,16,17,19). The van der Waals surface area contributed by atoms with Crippen molar-refractivity contribution in [3.05, 3.63) is 0 Å². The van der Waals surface area contributed by atoms with Gasteiger partial charge in [-0.1, -0.05) is 54.1 Å². The second-order valence-electron chi connectivity index (χ2n) is 4.57. The number of carbonyl (C=O) groups is 1. The van der Waals surface area contributed by atoms with Gasteiger partial charge >= 0.3 is 6.03 Å². The molecule has 0 saturated heterocycles. The van der Waals surface area contributed by atoms with Crippen LogP contribution in [0.25, 0.3) is 0 Å². The zero-order chi connectivity index (χ0) is 14.5. The number of hydrogen-bond donors (Lipinski definition) is 3. The van der Waals surface area contributed by atoms with Crippen LogP contribution < -0.4 is 10.6 Å². The Morgan fingerprint density at radius 1 is 1.32 bits per heavy atom. The van der Waals surface area contributed by atoms with Crippen LogP contribution in [0, 0.1) is 0 Å². The van der Waals surface area contributed by atoms with E-state index in [4.69, 9.17) is 34.8 Å². The number of rotatable bonds is 2. The van der Waals surface area contributed by atoms with Crippen molar-refractivity contribution in [3.63, 3.8) is 0 Å². The van der Waals surface area contributed by atoms with Crippen LogP contribution in [0.5, 0.6) is 0 Å². The third-order valence-electron chi connectivity index (χ3n) is 2.86. The highest BCUT2D eigenvalue weighted by Crippen LogP contribution is 2.28. The van der Waals surface area contributed by atoms with Crippen molar-refractivity contribution in [3.8, 4) is 0 Å². The van der Waals surface area contributed by atoms with Crippen LogP contribution in [0.4, 0.5) is 4.79 Å². The number of nitrogens with zero attached hydrogens (tertiary/aromatic N) is 1. The Hall–Kier alpha value is -0.230. The molecule has 0 aromatic carbocycles. The summed E-state index contributed by atoms with van der Waals surface area (Å²) in [6.45, 7) is 1.51. The Morgan fingerprint density at radius 3 is 2.42 bits per heavy atom. The SMILES string of the molecule is CC(=NC(=O)NC1CCCCC1)NC(O)C(Cl)(Cl)Cl. The topological polar surface area (TPSA) is 73.7 Å². The first kappa shape index (κ1) is 16.8. The van der Waals surface area contributed by atoms with Gasteiger partial charge in [0, 0.05) is 6.04 Å². The smallest absolute Gasteiger partial charge is 0.342 e. The third kappa shape index (κ3) is 6.65. The zero-order valence-electron chi connectivity index (χ0n) is 10.6. The molecule has 2 amide bonds. The van der Waals surface area contributed by atoms with Crippen molar-refractivity contribution in [2.24, 2.45) is 4.99 Å². The maximum Gasteiger partial charge on any atom is 0.342 e. The van der Waals surface area contributed by atoms with E-state index in [0.717, 1.165) is 25.7 Å². The van der Waals surface area contributed by atoms with Crippen molar-refractivity contribution in [1.29, 1.82) is 0 Å². The molecule has 1 atom stereocenters. The summed E-state index contributed by atoms with van der Waals surface area (Å²) in [5.74, 6) is 0.187. The molecule has 110 valence electrons. The summed E-state index contributed by atoms with van der Waals surface area (Å²) < 4.78 is -1.88. The number of aliphatic imine (C=N–C) groups is 1. The molecule has 0 radical (unpaired) electrons. The molecule has 0 spiro atoms. The molecule has 8 heteroatoms. The zero-order valence-corrected chi connectivity index (χ0v) is 12.9. The van der Waals surface area contributed by atoms with E-state index in [1.54, 1.807) is 0 Å². The van der Waals surface area contributed by atoms with Gasteiger partial charge in [0.15, 0.2) is 6.23 Å². The summed E-state index contributed by atoms with van der Waals surface area (Å²) >= 11 is 16.4. The van der Waals surface area contributed by atoms with Gasteiger partial charge in [0.05, 0.1) is 0 Å². The Balaban J connectivity index is 2.42. The minimum absolute atomic E-state index is 0.177. The van der Waals surface area contributed by atoms with Crippen LogP contribution in [0.2, 0.25) is 0 Å². The molecular weight excluding hydrogens is 312 g/mol. The van der Waals surface area contributed by atoms with Gasteiger partial charge in [-0.3, -0.25) is 0 Å². The Morgan fingerprint density at radius 2 is 1.89 bits per heavy atom. The highest BCUT2D eigenvalue weighted by atomic mass is 35.6. The van der Waals surface area contributed by atoms with Crippen LogP contribution in [-0.4, -0.2) is 33.0 Å². The number of aliphatic hydroxyl groups excluding tert-OH is 1. The lowest BCUT2D eigenvalue weighted by molar-refractivity contribution is 0.164. The van der Waals surface area contributed by atoms with Gasteiger partial charge in [-0.2, -0.15) is 4.99 Å². The predicted molar refractivity (Wildman–Crippen MR) is 77.9 cm³/mol. The fourth-order valence-corrected chi connectivity index (χ4v) is 2.08. The van der Waals surface area contributed by atoms with Crippen LogP contribution in [0.1, 0.15) is 39.0 Å². The van der Waals surface area contributed by atoms with E-state index in [2.05, 4.69) is 15.6 Å². The molecule has 1 aliphatic rings. The fraction of sp³-hybridized carbons (Fsp3) is 0.818. The molecule has 1 saturated carbocycles. The minimum Gasteiger partial charge on any atom is -0.369 e. The summed E-state index contributed by atoms with van der Waals surface area (Å²) in [6.07, 6.45) is 3.99. The number of nitrogens with one attached hydrogen (secondary N) is 2. The molecule has 0 aromatic rings. The van der Waals surface area contributed by atoms with E-state index in [1.165, 1.54) is 13.3 Å². The summed E-state index contributed by atoms with van der Waals surface area (Å²) in [5, 5.41) is 14.7. The molecule has 1 rings (SSSR count). The van der Waals surface area contributed by atoms with Crippen molar-refractivity contribution in [2.45, 2.75) is 55.1 Å². The Kier molecular flexibility index (Phi) is 6.66. The second kappa shape index (κ2) is 7.53. The van der Waals surface area contributed by atoms with Gasteiger partial charge in [0.1, 0.15) is 5.84 Å². The normalized spacial score (nSPS) is 19.9. The molecule has 1 fully saturated rings. The van der Waals surface area contributed by atoms with E-state index in [9.17, 15) is 9.90 Å². The van der Waals surface area contributed by atoms with Gasteiger partial charge in [-0.25, -0.2) is 4.79 Å². The number of alkyl halides is 3. The lowest BCUT2D eigenvalue weighted by atomic mass is 9.96. The molecule has 0 aromatic heterocycles. The molecule has 0 heterocycles. The molecule has 5 nitrogen and oxygen atoms in total. The quantitative estimate of drug-likeness (QED) is 0.315. The summed E-state index contributed by atoms with van der Waals surface area (Å²) in [4.78, 5) is 15.4. The fourth-order valence-electron chi connectivity index (χ4n) is 1.92. The van der Waals surface area contributed by atoms with Gasteiger partial charge in [0.2, 0.25) is 3.79 Å². The average Bonchev–Trinajstić information content (AvgIpc) is 2.28. The number of urea groups is 1. The highest BCUT2D eigenvalue weighted by Gasteiger charge is 2.31. The first-order valence-corrected chi connectivity index (χ1v) is 7.29. The Bertz CT molecular complexity index is 339. The molecule has 1 aliphatic carbocycles. The monoisotopic (exact) mass is 329 g/mol. The number of aliphatic hydroxyl groups is 1. The van der Waals surface area contributed by atoms with Crippen LogP contribution in [0.3, 0.4) is 0 Å². The van der Waals surface area contributed by atoms with E-state index in [-0.39, 0.29) is 11.9 Å². The molecule has 19 heavy (non-hydrogen) atoms. The molecule has 3 N–H and O–H groups in total. The van der Waals surface area contributed by atoms with E-state index in [1.807, 2.05) is 0 Å². The predicted octanol–water partition coefficient (Wildman–Crippen LogP) is 2.73. The van der Waals surface area contributed by atoms with Gasteiger partial charge in [-0.05, 0) is 19.8 Å². The molecule has 0 bridgehead atoms. The second-order valence-corrected chi connectivity index (χ2v) is 6.94. The largest absolute Gasteiger partial charge is 0.369 e. The highest BCUT2D eigenvalue weighted by molar-refractivity contribution is 6.68. The van der Waals surface area contributed by atoms with E-state index < -0.39 is 16.1 Å². The first-order valence-electron chi connectivity index (χ1n) is 6.16. The number of carbonyl (C=O) groups excluding carboxylic acids is 1. The van der Waals surface area contributed by atoms with Gasteiger partial charge in [0.25, 0.3) is 0 Å². The van der Waals surface area contributed by atoms with E-state index >= 15 is 0 Å². The number of halogens is 3. The van der Waals surface area contributed by atoms with Crippen LogP contribution in [-0.2, 0) is 0 Å². The van der Waals surface area contributed by atoms with Crippen LogP contribution >= 0.6 is 34.8 Å². The average molecular weight is 331 g/mol. The first-order chi connectivity index (χ1) is 8.79. The summed E-state index contributed by atoms with van der Waals surface area (Å²) in [7, 11) is 0. The third-order valence-corrected chi connectivity index (χ3v) is 3.48. The van der Waals surface area contributed by atoms with Crippen molar-refractivity contribution >= 4 is 46.7 Å². The lowest BCUT2D eigenvalue weighted by Crippen LogP contribution is -2.43. The summed E-state index contributed by atoms with van der Waals surface area (Å²) in [5.41, 5.74) is 0. The van der Waals surface area contributed by atoms with Crippen molar-refractivity contribution in [2.75, 3.05) is 0 Å². The minimum atomic E-state index is -1.88. The van der Waals surface area contributed by atoms with Crippen molar-refractivity contribution in [1.82, 2.24) is 10.6 Å². The number of amides is 2. The maximum absolute atomic E-state index is 11.6. The maximum atomic E-state index is 11.6. The van der Waals surface area contributed by atoms with E-state index in [0.29, 0.717) is 0 Å². The van der Waals surface area contributed by atoms with Gasteiger partial charge < -0.3 is 15.7 Å². The Labute approximate surface area is 127 Å². The molecular formula is C11H18Cl3N3O2. The van der Waals surface area contributed by atoms with Gasteiger partial charge in [-0.15, -0.1) is 0 Å². The number of amidine groups is 1. The lowest BCUT2D eigenvalue weighted by Gasteiger charge is -2.22. The summed E-state index contributed by atoms with van der Waals surface area (Å²) in [6, 6.07) is -0.274. The van der Waals surface area contributed by atoms with Crippen molar-refractivity contribution < 1.29 is 9.90 Å². The number of hydrogen-bond acceptors (Lipinski definition) is 2. The van der Waals surface area contributed by atoms with Crippen LogP contribution in [0.15, 0.2) is 4.99 Å². The molecule has 0 aliphatic heterocycles. The molecule has 1 unspecified atom stereocenters.